The average molecular weight is 458 g/mol. The first-order valence-corrected chi connectivity index (χ1v) is 11.7. The molecule has 0 radical (unpaired) electrons. The van der Waals surface area contributed by atoms with E-state index in [1.54, 1.807) is 10.6 Å². The zero-order valence-corrected chi connectivity index (χ0v) is 19.4. The van der Waals surface area contributed by atoms with Gasteiger partial charge < -0.3 is 14.6 Å². The number of nitrogens with one attached hydrogen (secondary N) is 1. The number of fused-ring (bicyclic) bond motifs is 4. The normalized spacial score (nSPS) is 23.9. The molecule has 2 bridgehead atoms. The van der Waals surface area contributed by atoms with Crippen molar-refractivity contribution in [1.82, 2.24) is 19.5 Å². The van der Waals surface area contributed by atoms with E-state index >= 15 is 0 Å². The van der Waals surface area contributed by atoms with Gasteiger partial charge in [-0.15, -0.1) is 0 Å². The zero-order chi connectivity index (χ0) is 23.3. The number of ether oxygens (including phenoxy) is 1. The van der Waals surface area contributed by atoms with E-state index in [1.165, 1.54) is 6.42 Å². The Labute approximate surface area is 197 Å². The molecule has 1 N–H and O–H groups in total. The number of aromatic nitrogens is 4. The SMILES string of the molecule is COC12CCCCC(c3nc(-c4ccc(C)c(NC(=O)c5cnc6ccccn56)c4)no3)(C1)C2. The highest BCUT2D eigenvalue weighted by atomic mass is 16.5. The molecule has 3 aromatic heterocycles. The number of amides is 1. The Kier molecular flexibility index (Phi) is 4.81. The molecule has 4 aromatic rings. The summed E-state index contributed by atoms with van der Waals surface area (Å²) >= 11 is 0. The number of carbonyl (C=O) groups is 1. The summed E-state index contributed by atoms with van der Waals surface area (Å²) in [6, 6.07) is 11.4. The van der Waals surface area contributed by atoms with E-state index in [1.807, 2.05) is 56.6 Å². The van der Waals surface area contributed by atoms with E-state index in [0.29, 0.717) is 23.1 Å². The predicted molar refractivity (Wildman–Crippen MR) is 127 cm³/mol. The fourth-order valence-corrected chi connectivity index (χ4v) is 5.69. The lowest BCUT2D eigenvalue weighted by Crippen LogP contribution is -2.54. The molecule has 0 atom stereocenters. The van der Waals surface area contributed by atoms with Crippen molar-refractivity contribution in [2.75, 3.05) is 12.4 Å². The third-order valence-corrected chi connectivity index (χ3v) is 7.57. The Morgan fingerprint density at radius 3 is 2.88 bits per heavy atom. The molecule has 0 saturated heterocycles. The molecule has 3 fully saturated rings. The second kappa shape index (κ2) is 7.77. The maximum absolute atomic E-state index is 13.0. The number of hydrogen-bond acceptors (Lipinski definition) is 6. The van der Waals surface area contributed by atoms with Crippen LogP contribution in [0.3, 0.4) is 0 Å². The van der Waals surface area contributed by atoms with Crippen LogP contribution in [-0.2, 0) is 10.2 Å². The summed E-state index contributed by atoms with van der Waals surface area (Å²) in [5.41, 5.74) is 3.53. The molecular formula is C26H27N5O3. The lowest BCUT2D eigenvalue weighted by Gasteiger charge is -2.51. The van der Waals surface area contributed by atoms with E-state index in [2.05, 4.69) is 15.5 Å². The van der Waals surface area contributed by atoms with Gasteiger partial charge in [-0.1, -0.05) is 36.2 Å². The Balaban J connectivity index is 1.26. The van der Waals surface area contributed by atoms with Crippen LogP contribution in [0.15, 0.2) is 53.3 Å². The van der Waals surface area contributed by atoms with Gasteiger partial charge in [-0.25, -0.2) is 4.98 Å². The highest BCUT2D eigenvalue weighted by Crippen LogP contribution is 2.58. The number of nitrogens with zero attached hydrogens (tertiary/aromatic N) is 4. The van der Waals surface area contributed by atoms with Gasteiger partial charge in [0.05, 0.1) is 17.2 Å². The predicted octanol–water partition coefficient (Wildman–Crippen LogP) is 4.94. The first-order chi connectivity index (χ1) is 16.5. The number of benzene rings is 1. The van der Waals surface area contributed by atoms with Gasteiger partial charge in [0.15, 0.2) is 0 Å². The first kappa shape index (κ1) is 21.0. The molecule has 8 nitrogen and oxygen atoms in total. The Hall–Kier alpha value is -3.52. The molecular weight excluding hydrogens is 430 g/mol. The number of pyridine rings is 1. The summed E-state index contributed by atoms with van der Waals surface area (Å²) in [6.07, 6.45) is 9.75. The van der Waals surface area contributed by atoms with Crippen LogP contribution in [0.1, 0.15) is 60.5 Å². The van der Waals surface area contributed by atoms with Gasteiger partial charge in [-0.3, -0.25) is 9.20 Å². The molecule has 0 unspecified atom stereocenters. The van der Waals surface area contributed by atoms with Crippen molar-refractivity contribution in [1.29, 1.82) is 0 Å². The quantitative estimate of drug-likeness (QED) is 0.456. The molecule has 3 heterocycles. The molecule has 3 aliphatic rings. The fourth-order valence-electron chi connectivity index (χ4n) is 5.69. The Bertz CT molecular complexity index is 1380. The molecule has 1 aromatic carbocycles. The average Bonchev–Trinajstić information content (AvgIpc) is 3.40. The van der Waals surface area contributed by atoms with Crippen molar-refractivity contribution in [2.24, 2.45) is 0 Å². The molecule has 1 amide bonds. The van der Waals surface area contributed by atoms with Gasteiger partial charge in [0, 0.05) is 24.6 Å². The van der Waals surface area contributed by atoms with E-state index in [-0.39, 0.29) is 16.9 Å². The minimum atomic E-state index is -0.226. The number of methoxy groups -OCH3 is 1. The number of rotatable bonds is 5. The summed E-state index contributed by atoms with van der Waals surface area (Å²) in [6.45, 7) is 1.96. The largest absolute Gasteiger partial charge is 0.378 e. The van der Waals surface area contributed by atoms with Crippen molar-refractivity contribution < 1.29 is 14.1 Å². The highest BCUT2D eigenvalue weighted by Gasteiger charge is 2.59. The Morgan fingerprint density at radius 2 is 2.03 bits per heavy atom. The van der Waals surface area contributed by atoms with Crippen LogP contribution >= 0.6 is 0 Å². The van der Waals surface area contributed by atoms with Gasteiger partial charge in [0.25, 0.3) is 5.91 Å². The van der Waals surface area contributed by atoms with Gasteiger partial charge in [0.2, 0.25) is 11.7 Å². The third-order valence-electron chi connectivity index (χ3n) is 7.57. The van der Waals surface area contributed by atoms with E-state index < -0.39 is 0 Å². The summed E-state index contributed by atoms with van der Waals surface area (Å²) in [5.74, 6) is 1.01. The molecule has 3 aliphatic carbocycles. The van der Waals surface area contributed by atoms with Crippen molar-refractivity contribution in [3.63, 3.8) is 0 Å². The third kappa shape index (κ3) is 3.32. The van der Waals surface area contributed by atoms with Crippen LogP contribution in [-0.4, -0.2) is 38.1 Å². The number of imidazole rings is 1. The maximum Gasteiger partial charge on any atom is 0.274 e. The summed E-state index contributed by atoms with van der Waals surface area (Å²) < 4.78 is 13.4. The van der Waals surface area contributed by atoms with E-state index in [0.717, 1.165) is 48.9 Å². The molecule has 34 heavy (non-hydrogen) atoms. The van der Waals surface area contributed by atoms with Crippen molar-refractivity contribution in [2.45, 2.75) is 56.5 Å². The van der Waals surface area contributed by atoms with Gasteiger partial charge >= 0.3 is 0 Å². The summed E-state index contributed by atoms with van der Waals surface area (Å²) in [7, 11) is 1.81. The van der Waals surface area contributed by atoms with Crippen LogP contribution < -0.4 is 5.32 Å². The minimum absolute atomic E-state index is 0.0374. The number of anilines is 1. The molecule has 0 aliphatic heterocycles. The topological polar surface area (TPSA) is 94.5 Å². The van der Waals surface area contributed by atoms with E-state index in [4.69, 9.17) is 14.2 Å². The first-order valence-electron chi connectivity index (χ1n) is 11.7. The maximum atomic E-state index is 13.0. The molecule has 3 saturated carbocycles. The standard InChI is InChI=1S/C26H27N5O3/c1-17-8-9-18(13-19(17)28-23(32)20-14-27-21-7-3-6-12-31(20)21)22-29-24(34-30-22)25-10-4-5-11-26(15-25,16-25)33-2/h3,6-9,12-14H,4-5,10-11,15-16H2,1-2H3,(H,28,32). The highest BCUT2D eigenvalue weighted by molar-refractivity contribution is 6.04. The van der Waals surface area contributed by atoms with Crippen molar-refractivity contribution in [3.8, 4) is 11.4 Å². The molecule has 7 rings (SSSR count). The van der Waals surface area contributed by atoms with Crippen LogP contribution in [0, 0.1) is 6.92 Å². The van der Waals surface area contributed by atoms with Gasteiger partial charge in [-0.2, -0.15) is 4.98 Å². The molecule has 0 spiro atoms. The van der Waals surface area contributed by atoms with E-state index in [9.17, 15) is 4.79 Å². The zero-order valence-electron chi connectivity index (χ0n) is 19.4. The minimum Gasteiger partial charge on any atom is -0.378 e. The number of aryl methyl sites for hydroxylation is 1. The fraction of sp³-hybridized carbons (Fsp3) is 0.385. The monoisotopic (exact) mass is 457 g/mol. The van der Waals surface area contributed by atoms with Gasteiger partial charge in [-0.05, 0) is 56.4 Å². The number of carbonyl (C=O) groups excluding carboxylic acids is 1. The lowest BCUT2D eigenvalue weighted by atomic mass is 9.58. The summed E-state index contributed by atoms with van der Waals surface area (Å²) in [5, 5.41) is 7.32. The summed E-state index contributed by atoms with van der Waals surface area (Å²) in [4.78, 5) is 22.1. The lowest BCUT2D eigenvalue weighted by molar-refractivity contribution is -0.125. The second-order valence-corrected chi connectivity index (χ2v) is 9.71. The molecule has 8 heteroatoms. The van der Waals surface area contributed by atoms with Crippen LogP contribution in [0.2, 0.25) is 0 Å². The molecule has 174 valence electrons. The smallest absolute Gasteiger partial charge is 0.274 e. The van der Waals surface area contributed by atoms with Crippen LogP contribution in [0.25, 0.3) is 17.0 Å². The van der Waals surface area contributed by atoms with Crippen LogP contribution in [0.5, 0.6) is 0 Å². The van der Waals surface area contributed by atoms with Crippen LogP contribution in [0.4, 0.5) is 5.69 Å². The Morgan fingerprint density at radius 1 is 1.18 bits per heavy atom. The second-order valence-electron chi connectivity index (χ2n) is 9.71. The number of hydrogen-bond donors (Lipinski definition) is 1. The van der Waals surface area contributed by atoms with Crippen molar-refractivity contribution in [3.05, 3.63) is 65.9 Å². The van der Waals surface area contributed by atoms with Gasteiger partial charge in [0.1, 0.15) is 11.3 Å². The van der Waals surface area contributed by atoms with Crippen molar-refractivity contribution >= 4 is 17.2 Å².